The molecule has 1 aromatic carbocycles. The topological polar surface area (TPSA) is 42.4 Å². The van der Waals surface area contributed by atoms with Crippen LogP contribution in [0, 0.1) is 0 Å². The number of allylic oxidation sites excluding steroid dienone is 2. The minimum absolute atomic E-state index is 0. The Labute approximate surface area is 169 Å². The normalized spacial score (nSPS) is 9.35. The van der Waals surface area contributed by atoms with Crippen molar-refractivity contribution in [3.8, 4) is 0 Å². The van der Waals surface area contributed by atoms with E-state index in [-0.39, 0.29) is 58.3 Å². The molecular formula is C17H30KNO. The van der Waals surface area contributed by atoms with Crippen molar-refractivity contribution in [2.45, 2.75) is 53.9 Å². The molecule has 0 bridgehead atoms. The molecule has 110 valence electrons. The zero-order chi connectivity index (χ0) is 13.8. The Balaban J connectivity index is -0.000000222. The summed E-state index contributed by atoms with van der Waals surface area (Å²) in [5.74, 6) is 0. The van der Waals surface area contributed by atoms with Gasteiger partial charge in [0.15, 0.2) is 0 Å². The molecule has 0 aromatic heterocycles. The second-order valence-corrected chi connectivity index (χ2v) is 4.71. The Hall–Kier alpha value is 0.226. The third kappa shape index (κ3) is 16.3. The zero-order valence-corrected chi connectivity index (χ0v) is 17.1. The summed E-state index contributed by atoms with van der Waals surface area (Å²) >= 11 is 0. The first-order valence-corrected chi connectivity index (χ1v) is 6.82. The predicted molar refractivity (Wildman–Crippen MR) is 87.9 cm³/mol. The molecule has 0 aliphatic rings. The first kappa shape index (κ1) is 25.2. The van der Waals surface area contributed by atoms with Crippen LogP contribution < -0.4 is 51.4 Å². The monoisotopic (exact) mass is 303 g/mol. The van der Waals surface area contributed by atoms with Gasteiger partial charge in [0, 0.05) is 7.14 Å². The minimum Gasteiger partial charge on any atom is -0.870 e. The molecule has 0 spiro atoms. The van der Waals surface area contributed by atoms with Gasteiger partial charge < -0.3 is 5.48 Å². The average Bonchev–Trinajstić information content (AvgIpc) is 2.30. The number of rotatable bonds is 4. The van der Waals surface area contributed by atoms with Gasteiger partial charge in [0.2, 0.25) is 0 Å². The van der Waals surface area contributed by atoms with Crippen LogP contribution in [0.5, 0.6) is 0 Å². The van der Waals surface area contributed by atoms with Gasteiger partial charge in [-0.15, -0.1) is 0 Å². The van der Waals surface area contributed by atoms with Crippen LogP contribution in [0.4, 0.5) is 5.69 Å². The summed E-state index contributed by atoms with van der Waals surface area (Å²) < 4.78 is 0. The summed E-state index contributed by atoms with van der Waals surface area (Å²) in [5.41, 5.74) is 3.62. The Morgan fingerprint density at radius 2 is 1.60 bits per heavy atom. The van der Waals surface area contributed by atoms with Crippen molar-refractivity contribution in [1.29, 1.82) is 0 Å². The van der Waals surface area contributed by atoms with Gasteiger partial charge in [0.1, 0.15) is 0 Å². The Kier molecular flexibility index (Phi) is 21.8. The first-order chi connectivity index (χ1) is 8.60. The minimum atomic E-state index is 0. The Bertz CT molecular complexity index is 374. The van der Waals surface area contributed by atoms with Crippen LogP contribution in [-0.4, -0.2) is 11.2 Å². The van der Waals surface area contributed by atoms with Gasteiger partial charge in [-0.2, -0.15) is 0 Å². The summed E-state index contributed by atoms with van der Waals surface area (Å²) in [6, 6.07) is 10.1. The van der Waals surface area contributed by atoms with Crippen molar-refractivity contribution in [2.24, 2.45) is 4.99 Å². The van der Waals surface area contributed by atoms with E-state index < -0.39 is 0 Å². The fourth-order valence-corrected chi connectivity index (χ4v) is 1.35. The maximum absolute atomic E-state index is 4.54. The van der Waals surface area contributed by atoms with Crippen molar-refractivity contribution in [3.05, 3.63) is 42.0 Å². The average molecular weight is 304 g/mol. The van der Waals surface area contributed by atoms with Crippen molar-refractivity contribution < 1.29 is 58.3 Å². The van der Waals surface area contributed by atoms with Crippen LogP contribution in [0.3, 0.4) is 0 Å². The van der Waals surface area contributed by atoms with Gasteiger partial charge in [-0.3, -0.25) is 4.99 Å². The number of benzene rings is 1. The molecule has 3 heteroatoms. The number of hydrogen-bond acceptors (Lipinski definition) is 2. The Morgan fingerprint density at radius 3 is 2.05 bits per heavy atom. The van der Waals surface area contributed by atoms with Gasteiger partial charge in [-0.05, 0) is 45.7 Å². The summed E-state index contributed by atoms with van der Waals surface area (Å²) in [4.78, 5) is 4.54. The molecule has 1 aromatic rings. The van der Waals surface area contributed by atoms with E-state index in [9.17, 15) is 0 Å². The van der Waals surface area contributed by atoms with E-state index in [0.29, 0.717) is 0 Å². The van der Waals surface area contributed by atoms with Gasteiger partial charge in [-0.25, -0.2) is 0 Å². The molecule has 0 unspecified atom stereocenters. The van der Waals surface area contributed by atoms with Crippen LogP contribution in [0.25, 0.3) is 0 Å². The molecule has 1 N–H and O–H groups in total. The third-order valence-corrected chi connectivity index (χ3v) is 2.13. The third-order valence-electron chi connectivity index (χ3n) is 2.13. The summed E-state index contributed by atoms with van der Waals surface area (Å²) in [6.07, 6.45) is 5.63. The molecule has 20 heavy (non-hydrogen) atoms. The maximum Gasteiger partial charge on any atom is 1.00 e. The summed E-state index contributed by atoms with van der Waals surface area (Å²) in [6.45, 7) is 10.6. The second kappa shape index (κ2) is 17.3. The number of nitrogens with zero attached hydrogens (tertiary/aromatic N) is 1. The SMILES string of the molecule is CC(C)=CCCC(C)=Nc1ccccc1.CCC.[HH].[K+].[OH-]. The molecule has 2 nitrogen and oxygen atoms in total. The van der Waals surface area contributed by atoms with E-state index in [1.165, 1.54) is 17.7 Å². The summed E-state index contributed by atoms with van der Waals surface area (Å²) in [7, 11) is 0. The molecule has 0 amide bonds. The van der Waals surface area contributed by atoms with E-state index in [1.807, 2.05) is 30.3 Å². The van der Waals surface area contributed by atoms with E-state index in [1.54, 1.807) is 0 Å². The van der Waals surface area contributed by atoms with Crippen molar-refractivity contribution >= 4 is 11.4 Å². The standard InChI is InChI=1S/C14H19N.C3H8.K.H2O.H2/c1-12(2)8-7-9-13(3)15-14-10-5-4-6-11-14;1-3-2;;;/h4-6,8,10-11H,7,9H2,1-3H3;3H2,1-2H3;;1H2;1H/q;;+1;;/p-1. The molecule has 0 saturated carbocycles. The maximum atomic E-state index is 4.54. The zero-order valence-electron chi connectivity index (χ0n) is 14.0. The van der Waals surface area contributed by atoms with Crippen LogP contribution in [0.15, 0.2) is 47.0 Å². The van der Waals surface area contributed by atoms with E-state index in [4.69, 9.17) is 0 Å². The van der Waals surface area contributed by atoms with Crippen LogP contribution in [0.1, 0.15) is 55.3 Å². The fraction of sp³-hybridized carbons (Fsp3) is 0.471. The Morgan fingerprint density at radius 1 is 1.10 bits per heavy atom. The van der Waals surface area contributed by atoms with Crippen molar-refractivity contribution in [3.63, 3.8) is 0 Å². The smallest absolute Gasteiger partial charge is 0.870 e. The molecule has 0 saturated heterocycles. The van der Waals surface area contributed by atoms with Gasteiger partial charge >= 0.3 is 51.4 Å². The van der Waals surface area contributed by atoms with Crippen LogP contribution in [0.2, 0.25) is 0 Å². The predicted octanol–water partition coefficient (Wildman–Crippen LogP) is 3.01. The molecule has 0 atom stereocenters. The largest absolute Gasteiger partial charge is 1.00 e. The quantitative estimate of drug-likeness (QED) is 0.479. The molecule has 0 aliphatic heterocycles. The number of aliphatic imine (C=N–C) groups is 1. The second-order valence-electron chi connectivity index (χ2n) is 4.71. The van der Waals surface area contributed by atoms with E-state index in [2.05, 4.69) is 45.7 Å². The van der Waals surface area contributed by atoms with Crippen LogP contribution in [-0.2, 0) is 0 Å². The fourth-order valence-electron chi connectivity index (χ4n) is 1.35. The molecule has 0 radical (unpaired) electrons. The van der Waals surface area contributed by atoms with Crippen molar-refractivity contribution in [2.75, 3.05) is 0 Å². The number of para-hydroxylation sites is 1. The molecular weight excluding hydrogens is 273 g/mol. The molecule has 0 aliphatic carbocycles. The molecule has 0 fully saturated rings. The van der Waals surface area contributed by atoms with Crippen LogP contribution >= 0.6 is 0 Å². The van der Waals surface area contributed by atoms with E-state index in [0.717, 1.165) is 18.5 Å². The van der Waals surface area contributed by atoms with Gasteiger partial charge in [-0.1, -0.05) is 50.1 Å². The van der Waals surface area contributed by atoms with E-state index >= 15 is 0 Å². The van der Waals surface area contributed by atoms with Gasteiger partial charge in [0.25, 0.3) is 0 Å². The first-order valence-electron chi connectivity index (χ1n) is 6.82. The summed E-state index contributed by atoms with van der Waals surface area (Å²) in [5, 5.41) is 0. The van der Waals surface area contributed by atoms with Crippen molar-refractivity contribution in [1.82, 2.24) is 0 Å². The molecule has 0 heterocycles. The number of hydrogen-bond donors (Lipinski definition) is 0. The molecule has 1 rings (SSSR count). The van der Waals surface area contributed by atoms with Gasteiger partial charge in [0.05, 0.1) is 5.69 Å².